The molecule has 0 radical (unpaired) electrons. The van der Waals surface area contributed by atoms with Gasteiger partial charge in [0.2, 0.25) is 0 Å². The molecule has 148 valence electrons. The molecule has 0 aliphatic rings. The van der Waals surface area contributed by atoms with Crippen molar-refractivity contribution in [3.05, 3.63) is 0 Å². The minimum atomic E-state index is -2.92. The summed E-state index contributed by atoms with van der Waals surface area (Å²) < 4.78 is 53.7. The zero-order valence-corrected chi connectivity index (χ0v) is 18.7. The van der Waals surface area contributed by atoms with E-state index < -0.39 is 44.1 Å². The van der Waals surface area contributed by atoms with E-state index in [4.69, 9.17) is 10.9 Å². The van der Waals surface area contributed by atoms with Crippen LogP contribution in [0.1, 0.15) is 67.2 Å². The fraction of sp³-hybridized carbons (Fsp3) is 1.00. The molecular weight excluding hydrogens is 392 g/mol. The van der Waals surface area contributed by atoms with E-state index in [1.165, 1.54) is 0 Å². The minimum absolute atomic E-state index is 0.281. The Morgan fingerprint density at radius 2 is 1.38 bits per heavy atom. The van der Waals surface area contributed by atoms with Crippen molar-refractivity contribution in [3.63, 3.8) is 0 Å². The molecule has 0 saturated carbocycles. The van der Waals surface area contributed by atoms with Gasteiger partial charge in [-0.2, -0.15) is 10.9 Å². The van der Waals surface area contributed by atoms with Crippen molar-refractivity contribution in [1.82, 2.24) is 0 Å². The first kappa shape index (κ1) is 24.7. The normalized spacial score (nSPS) is 21.0. The molecule has 0 rings (SSSR count). The summed E-state index contributed by atoms with van der Waals surface area (Å²) >= 11 is -4.98. The van der Waals surface area contributed by atoms with E-state index in [1.54, 1.807) is 13.8 Å². The molecule has 0 heterocycles. The predicted octanol–water partition coefficient (Wildman–Crippen LogP) is 3.99. The van der Waals surface area contributed by atoms with Gasteiger partial charge in [0.1, 0.15) is 10.9 Å². The molecule has 0 aromatic rings. The van der Waals surface area contributed by atoms with Gasteiger partial charge in [-0.25, -0.2) is 12.6 Å². The lowest BCUT2D eigenvalue weighted by Gasteiger charge is -2.38. The van der Waals surface area contributed by atoms with Gasteiger partial charge < -0.3 is 0 Å². The highest BCUT2D eigenvalue weighted by Gasteiger charge is 2.41. The third kappa shape index (κ3) is 8.86. The summed E-state index contributed by atoms with van der Waals surface area (Å²) in [5, 5.41) is -0.594. The van der Waals surface area contributed by atoms with Crippen LogP contribution in [0.15, 0.2) is 0 Å². The largest absolute Gasteiger partial charge is 0.229 e. The number of hydrogen-bond acceptors (Lipinski definition) is 6. The number of hydrogen-bond donors (Lipinski definition) is 0. The maximum absolute atomic E-state index is 12.3. The molecule has 0 aromatic carbocycles. The van der Waals surface area contributed by atoms with Crippen LogP contribution in [0.5, 0.6) is 0 Å². The maximum Gasteiger partial charge on any atom is 0.172 e. The van der Waals surface area contributed by atoms with Gasteiger partial charge in [-0.1, -0.05) is 27.2 Å². The fourth-order valence-corrected chi connectivity index (χ4v) is 8.69. The summed E-state index contributed by atoms with van der Waals surface area (Å²) in [5.41, 5.74) is 0. The van der Waals surface area contributed by atoms with Crippen molar-refractivity contribution >= 4 is 44.1 Å². The highest BCUT2D eigenvalue weighted by Crippen LogP contribution is 2.59. The molecule has 0 aliphatic carbocycles. The van der Waals surface area contributed by atoms with Gasteiger partial charge in [0.05, 0.1) is 22.0 Å². The van der Waals surface area contributed by atoms with Gasteiger partial charge in [0, 0.05) is 0 Å². The first-order valence-corrected chi connectivity index (χ1v) is 13.4. The van der Waals surface area contributed by atoms with Crippen LogP contribution in [-0.4, -0.2) is 34.6 Å². The molecule has 5 atom stereocenters. The smallest absolute Gasteiger partial charge is 0.172 e. The van der Waals surface area contributed by atoms with Gasteiger partial charge in [-0.05, 0) is 40.0 Å². The fourth-order valence-electron chi connectivity index (χ4n) is 1.32. The second kappa shape index (κ2) is 12.9. The molecular formula is C14H32O6S4. The van der Waals surface area contributed by atoms with Gasteiger partial charge in [-0.3, -0.25) is 0 Å². The van der Waals surface area contributed by atoms with Gasteiger partial charge in [-0.15, -0.1) is 0 Å². The number of rotatable bonds is 14. The molecule has 0 aliphatic heterocycles. The third-order valence-electron chi connectivity index (χ3n) is 2.99. The monoisotopic (exact) mass is 424 g/mol. The molecule has 0 fully saturated rings. The first-order valence-electron chi connectivity index (χ1n) is 8.31. The van der Waals surface area contributed by atoms with Crippen molar-refractivity contribution in [1.29, 1.82) is 0 Å². The van der Waals surface area contributed by atoms with Gasteiger partial charge in [0.15, 0.2) is 33.2 Å². The lowest BCUT2D eigenvalue weighted by atomic mass is 10.4. The average Bonchev–Trinajstić information content (AvgIpc) is 2.51. The van der Waals surface area contributed by atoms with Crippen LogP contribution in [0.3, 0.4) is 0 Å². The van der Waals surface area contributed by atoms with Crippen molar-refractivity contribution < 1.29 is 23.5 Å². The summed E-state index contributed by atoms with van der Waals surface area (Å²) in [4.78, 5) is 0. The topological polar surface area (TPSA) is 78.9 Å². The van der Waals surface area contributed by atoms with E-state index >= 15 is 0 Å². The molecule has 0 saturated heterocycles. The lowest BCUT2D eigenvalue weighted by molar-refractivity contribution is 0.414. The standard InChI is InChI=1S/C14H32O6S4/c1-7-10-12-22(16)19-24(14(6)9-3,18-21(15)11-8-2)20-23(17)13(4)5/h13-14H,7-12H2,1-6H3. The van der Waals surface area contributed by atoms with Crippen LogP contribution in [0, 0.1) is 0 Å². The molecule has 0 N–H and O–H groups in total. The highest BCUT2D eigenvalue weighted by atomic mass is 32.4. The number of unbranched alkanes of at least 4 members (excludes halogenated alkanes) is 1. The first-order chi connectivity index (χ1) is 11.2. The summed E-state index contributed by atoms with van der Waals surface area (Å²) in [6, 6.07) is 0. The Morgan fingerprint density at radius 3 is 1.79 bits per heavy atom. The Bertz CT molecular complexity index is 431. The maximum atomic E-state index is 12.3. The van der Waals surface area contributed by atoms with E-state index in [9.17, 15) is 12.6 Å². The zero-order valence-electron chi connectivity index (χ0n) is 15.5. The van der Waals surface area contributed by atoms with Crippen LogP contribution in [-0.2, 0) is 44.1 Å². The minimum Gasteiger partial charge on any atom is -0.229 e. The van der Waals surface area contributed by atoms with E-state index in [-0.39, 0.29) is 10.5 Å². The van der Waals surface area contributed by atoms with E-state index in [0.717, 1.165) is 12.8 Å². The lowest BCUT2D eigenvalue weighted by Crippen LogP contribution is -2.28. The molecule has 5 unspecified atom stereocenters. The van der Waals surface area contributed by atoms with Crippen LogP contribution < -0.4 is 0 Å². The Labute approximate surface area is 156 Å². The van der Waals surface area contributed by atoms with Crippen LogP contribution >= 0.6 is 10.9 Å². The molecule has 0 amide bonds. The van der Waals surface area contributed by atoms with Gasteiger partial charge in [0.25, 0.3) is 0 Å². The van der Waals surface area contributed by atoms with Crippen LogP contribution in [0.25, 0.3) is 0 Å². The molecule has 0 aromatic heterocycles. The van der Waals surface area contributed by atoms with Crippen molar-refractivity contribution in [2.24, 2.45) is 0 Å². The molecule has 24 heavy (non-hydrogen) atoms. The SMILES string of the molecule is CCCCS(=O)OS(OS(=O)CCC)(OS(=O)C(C)C)C(C)CC. The zero-order chi connectivity index (χ0) is 18.8. The summed E-state index contributed by atoms with van der Waals surface area (Å²) in [5.74, 6) is 0.650. The quantitative estimate of drug-likeness (QED) is 0.419. The Hall–Kier alpha value is 0.680. The van der Waals surface area contributed by atoms with Gasteiger partial charge >= 0.3 is 0 Å². The van der Waals surface area contributed by atoms with Crippen LogP contribution in [0.2, 0.25) is 0 Å². The van der Waals surface area contributed by atoms with Crippen molar-refractivity contribution in [3.8, 4) is 0 Å². The Kier molecular flexibility index (Phi) is 13.3. The Balaban J connectivity index is 5.52. The van der Waals surface area contributed by atoms with E-state index in [1.807, 2.05) is 27.7 Å². The highest BCUT2D eigenvalue weighted by molar-refractivity contribution is 8.31. The molecule has 6 nitrogen and oxygen atoms in total. The second-order valence-electron chi connectivity index (χ2n) is 5.59. The molecule has 0 bridgehead atoms. The second-order valence-corrected chi connectivity index (χ2v) is 12.5. The third-order valence-corrected chi connectivity index (χ3v) is 10.5. The predicted molar refractivity (Wildman–Crippen MR) is 105 cm³/mol. The molecule has 0 spiro atoms. The van der Waals surface area contributed by atoms with E-state index in [0.29, 0.717) is 24.3 Å². The van der Waals surface area contributed by atoms with Crippen molar-refractivity contribution in [2.45, 2.75) is 77.7 Å². The summed E-state index contributed by atoms with van der Waals surface area (Å²) in [7, 11) is -2.92. The summed E-state index contributed by atoms with van der Waals surface area (Å²) in [6.07, 6.45) is 2.86. The van der Waals surface area contributed by atoms with Crippen LogP contribution in [0.4, 0.5) is 0 Å². The summed E-state index contributed by atoms with van der Waals surface area (Å²) in [6.45, 7) is 11.1. The average molecular weight is 425 g/mol. The van der Waals surface area contributed by atoms with Crippen molar-refractivity contribution in [2.75, 3.05) is 11.5 Å². The Morgan fingerprint density at radius 1 is 0.833 bits per heavy atom. The molecule has 10 heteroatoms. The van der Waals surface area contributed by atoms with E-state index in [2.05, 4.69) is 0 Å².